The van der Waals surface area contributed by atoms with Crippen LogP contribution in [0.3, 0.4) is 0 Å². The third-order valence-electron chi connectivity index (χ3n) is 14.5. The van der Waals surface area contributed by atoms with E-state index in [1.54, 1.807) is 12.1 Å². The van der Waals surface area contributed by atoms with Crippen molar-refractivity contribution in [1.29, 1.82) is 0 Å². The third-order valence-corrected chi connectivity index (χ3v) is 14.5. The van der Waals surface area contributed by atoms with Crippen LogP contribution >= 0.6 is 0 Å². The van der Waals surface area contributed by atoms with Gasteiger partial charge in [-0.15, -0.1) is 0 Å². The van der Waals surface area contributed by atoms with E-state index in [1.165, 1.54) is 42.5 Å². The zero-order valence-electron chi connectivity index (χ0n) is 34.4. The SMILES string of the molecule is CN(Cc1cc2c(cc1C=O)OCC1CN(CC3CCC4(CC3)CN(c3ccc(C5c6ccc(O)cc6OCC5c5ccccc5)cc3)C4)CCN21)[C@@H]1CCC(=O)NC1=O. The van der Waals surface area contributed by atoms with Gasteiger partial charge in [-0.1, -0.05) is 48.5 Å². The molecule has 0 bridgehead atoms. The minimum Gasteiger partial charge on any atom is -0.508 e. The van der Waals surface area contributed by atoms with Gasteiger partial charge in [0.25, 0.3) is 0 Å². The van der Waals surface area contributed by atoms with Crippen LogP contribution in [0, 0.1) is 11.3 Å². The molecule has 4 fully saturated rings. The number of benzene rings is 4. The number of nitrogens with one attached hydrogen (secondary N) is 1. The van der Waals surface area contributed by atoms with E-state index in [2.05, 4.69) is 80.7 Å². The molecule has 1 saturated carbocycles. The fourth-order valence-corrected chi connectivity index (χ4v) is 11.2. The second-order valence-corrected chi connectivity index (χ2v) is 18.4. The van der Waals surface area contributed by atoms with Crippen molar-refractivity contribution in [3.63, 3.8) is 0 Å². The number of fused-ring (bicyclic) bond motifs is 4. The number of hydrogen-bond donors (Lipinski definition) is 2. The molecule has 3 unspecified atom stereocenters. The van der Waals surface area contributed by atoms with E-state index in [9.17, 15) is 19.5 Å². The van der Waals surface area contributed by atoms with Crippen molar-refractivity contribution in [1.82, 2.24) is 15.1 Å². The van der Waals surface area contributed by atoms with Gasteiger partial charge in [-0.2, -0.15) is 0 Å². The number of phenolic OH excluding ortho intramolecular Hbond substituents is 1. The summed E-state index contributed by atoms with van der Waals surface area (Å²) in [6, 6.07) is 29.2. The van der Waals surface area contributed by atoms with E-state index in [1.807, 2.05) is 24.1 Å². The maximum atomic E-state index is 12.5. The maximum Gasteiger partial charge on any atom is 0.243 e. The lowest BCUT2D eigenvalue weighted by Crippen LogP contribution is -2.59. The monoisotopic (exact) mass is 809 g/mol. The number of carbonyl (C=O) groups excluding carboxylic acids is 3. The zero-order chi connectivity index (χ0) is 41.0. The number of phenols is 1. The summed E-state index contributed by atoms with van der Waals surface area (Å²) >= 11 is 0. The molecule has 4 aromatic carbocycles. The number of aromatic hydroxyl groups is 1. The Balaban J connectivity index is 0.732. The quantitative estimate of drug-likeness (QED) is 0.147. The van der Waals surface area contributed by atoms with Crippen LogP contribution in [0.5, 0.6) is 17.2 Å². The van der Waals surface area contributed by atoms with Crippen molar-refractivity contribution < 1.29 is 29.0 Å². The number of carbonyl (C=O) groups is 3. The average molecular weight is 810 g/mol. The number of amides is 2. The first-order valence-electron chi connectivity index (χ1n) is 21.9. The minimum absolute atomic E-state index is 0.142. The summed E-state index contributed by atoms with van der Waals surface area (Å²) < 4.78 is 12.5. The Morgan fingerprint density at radius 1 is 0.883 bits per heavy atom. The number of anilines is 2. The molecule has 1 aliphatic carbocycles. The molecule has 6 aliphatic rings. The summed E-state index contributed by atoms with van der Waals surface area (Å²) in [5, 5.41) is 12.6. The van der Waals surface area contributed by atoms with Gasteiger partial charge >= 0.3 is 0 Å². The van der Waals surface area contributed by atoms with Gasteiger partial charge in [-0.05, 0) is 92.1 Å². The predicted octanol–water partition coefficient (Wildman–Crippen LogP) is 6.33. The highest BCUT2D eigenvalue weighted by Crippen LogP contribution is 2.50. The highest BCUT2D eigenvalue weighted by Gasteiger charge is 2.46. The fraction of sp³-hybridized carbons (Fsp3) is 0.449. The molecule has 3 saturated heterocycles. The Bertz CT molecular complexity index is 2250. The lowest BCUT2D eigenvalue weighted by molar-refractivity contribution is -0.137. The van der Waals surface area contributed by atoms with E-state index < -0.39 is 6.04 Å². The van der Waals surface area contributed by atoms with E-state index in [4.69, 9.17) is 9.47 Å². The van der Waals surface area contributed by atoms with Gasteiger partial charge in [-0.3, -0.25) is 29.5 Å². The minimum atomic E-state index is -0.407. The molecule has 4 aromatic rings. The number of nitrogens with zero attached hydrogens (tertiary/aromatic N) is 4. The first-order chi connectivity index (χ1) is 29.2. The number of hydrogen-bond acceptors (Lipinski definition) is 10. The van der Waals surface area contributed by atoms with Crippen LogP contribution in [0.4, 0.5) is 11.4 Å². The Labute approximate surface area is 352 Å². The Morgan fingerprint density at radius 2 is 1.67 bits per heavy atom. The standard InChI is InChI=1S/C49H55N5O6/c1-51(42-13-14-46(57)50-48(42)58)25-35-21-43-45(22-36(35)27-55)59-28-38-26-52(19-20-54(38)43)24-32-15-17-49(18-16-32)30-53(31-49)37-9-7-34(8-10-37)47-40-12-11-39(56)23-44(40)60-29-41(47)33-5-3-2-4-6-33/h2-12,21-23,27,32,38,41-42,47,56H,13-20,24-26,28-31H2,1H3,(H,50,57,58)/t38?,41?,42-,47?/m1/s1. The number of ether oxygens (including phenoxy) is 2. The number of imide groups is 1. The highest BCUT2D eigenvalue weighted by atomic mass is 16.5. The molecule has 11 heteroatoms. The molecule has 5 aliphatic heterocycles. The van der Waals surface area contributed by atoms with Crippen LogP contribution in [-0.2, 0) is 16.1 Å². The van der Waals surface area contributed by atoms with Crippen molar-refractivity contribution >= 4 is 29.5 Å². The van der Waals surface area contributed by atoms with Crippen molar-refractivity contribution in [2.75, 3.05) is 69.3 Å². The molecule has 4 atom stereocenters. The van der Waals surface area contributed by atoms with Crippen molar-refractivity contribution in [2.45, 2.75) is 69.0 Å². The number of aldehydes is 1. The molecule has 0 radical (unpaired) electrons. The largest absolute Gasteiger partial charge is 0.508 e. The summed E-state index contributed by atoms with van der Waals surface area (Å²) in [5.74, 6) is 2.28. The van der Waals surface area contributed by atoms with E-state index in [0.717, 1.165) is 73.9 Å². The van der Waals surface area contributed by atoms with Crippen molar-refractivity contribution in [3.05, 3.63) is 113 Å². The van der Waals surface area contributed by atoms with Gasteiger partial charge in [0.2, 0.25) is 11.8 Å². The molecular formula is C49H55N5O6. The first kappa shape index (κ1) is 38.8. The second kappa shape index (κ2) is 15.9. The molecule has 312 valence electrons. The number of piperidine rings is 1. The van der Waals surface area contributed by atoms with E-state index >= 15 is 0 Å². The van der Waals surface area contributed by atoms with Crippen molar-refractivity contribution in [3.8, 4) is 17.2 Å². The molecule has 2 amide bonds. The summed E-state index contributed by atoms with van der Waals surface area (Å²) in [7, 11) is 1.88. The van der Waals surface area contributed by atoms with Gasteiger partial charge in [0.15, 0.2) is 6.29 Å². The zero-order valence-corrected chi connectivity index (χ0v) is 34.4. The van der Waals surface area contributed by atoms with Gasteiger partial charge in [-0.25, -0.2) is 0 Å². The summed E-state index contributed by atoms with van der Waals surface area (Å²) in [6.45, 7) is 7.84. The topological polar surface area (TPSA) is 115 Å². The Morgan fingerprint density at radius 3 is 2.43 bits per heavy atom. The number of likely N-dealkylation sites (N-methyl/N-ethyl adjacent to an activating group) is 1. The molecular weight excluding hydrogens is 755 g/mol. The van der Waals surface area contributed by atoms with Gasteiger partial charge < -0.3 is 24.4 Å². The van der Waals surface area contributed by atoms with E-state index in [0.29, 0.717) is 49.5 Å². The first-order valence-corrected chi connectivity index (χ1v) is 21.9. The third kappa shape index (κ3) is 7.40. The summed E-state index contributed by atoms with van der Waals surface area (Å²) in [6.07, 6.45) is 6.78. The van der Waals surface area contributed by atoms with Crippen LogP contribution in [0.25, 0.3) is 0 Å². The van der Waals surface area contributed by atoms with Gasteiger partial charge in [0.05, 0.1) is 24.4 Å². The van der Waals surface area contributed by atoms with Crippen LogP contribution in [0.15, 0.2) is 84.9 Å². The molecule has 10 rings (SSSR count). The Hall–Kier alpha value is -5.39. The summed E-state index contributed by atoms with van der Waals surface area (Å²) in [5.41, 5.74) is 7.84. The summed E-state index contributed by atoms with van der Waals surface area (Å²) in [4.78, 5) is 46.0. The predicted molar refractivity (Wildman–Crippen MR) is 230 cm³/mol. The van der Waals surface area contributed by atoms with Crippen LogP contribution < -0.4 is 24.6 Å². The van der Waals surface area contributed by atoms with Crippen LogP contribution in [-0.4, -0.2) is 105 Å². The molecule has 1 spiro atoms. The highest BCUT2D eigenvalue weighted by molar-refractivity contribution is 6.00. The number of rotatable bonds is 9. The molecule has 60 heavy (non-hydrogen) atoms. The van der Waals surface area contributed by atoms with Crippen LogP contribution in [0.1, 0.15) is 83.0 Å². The molecule has 5 heterocycles. The Kier molecular flexibility index (Phi) is 10.3. The van der Waals surface area contributed by atoms with E-state index in [-0.39, 0.29) is 35.4 Å². The lowest BCUT2D eigenvalue weighted by Gasteiger charge is -2.55. The molecule has 0 aromatic heterocycles. The maximum absolute atomic E-state index is 12.5. The second-order valence-electron chi connectivity index (χ2n) is 18.4. The fourth-order valence-electron chi connectivity index (χ4n) is 11.2. The average Bonchev–Trinajstić information content (AvgIpc) is 3.25. The lowest BCUT2D eigenvalue weighted by atomic mass is 9.65. The molecule has 11 nitrogen and oxygen atoms in total. The van der Waals surface area contributed by atoms with Crippen molar-refractivity contribution in [2.24, 2.45) is 11.3 Å². The smallest absolute Gasteiger partial charge is 0.243 e. The number of piperazine rings is 1. The molecule has 2 N–H and O–H groups in total. The van der Waals surface area contributed by atoms with Gasteiger partial charge in [0, 0.05) is 92.4 Å². The van der Waals surface area contributed by atoms with Gasteiger partial charge in [0.1, 0.15) is 23.9 Å². The normalized spacial score (nSPS) is 25.0. The van der Waals surface area contributed by atoms with Crippen LogP contribution in [0.2, 0.25) is 0 Å².